The predicted molar refractivity (Wildman–Crippen MR) is 98.3 cm³/mol. The lowest BCUT2D eigenvalue weighted by Gasteiger charge is -2.20. The second-order valence-electron chi connectivity index (χ2n) is 6.17. The molecule has 2 aromatic heterocycles. The summed E-state index contributed by atoms with van der Waals surface area (Å²) in [6.07, 6.45) is 4.64. The molecule has 0 atom stereocenters. The van der Waals surface area contributed by atoms with Crippen LogP contribution in [0.3, 0.4) is 0 Å². The van der Waals surface area contributed by atoms with Gasteiger partial charge >= 0.3 is 0 Å². The van der Waals surface area contributed by atoms with Gasteiger partial charge in [-0.2, -0.15) is 0 Å². The summed E-state index contributed by atoms with van der Waals surface area (Å²) in [5, 5.41) is 2.47. The van der Waals surface area contributed by atoms with Crippen LogP contribution in [0.2, 0.25) is 0 Å². The second-order valence-corrected chi connectivity index (χ2v) is 7.18. The van der Waals surface area contributed by atoms with Crippen LogP contribution in [0.5, 0.6) is 0 Å². The van der Waals surface area contributed by atoms with Crippen molar-refractivity contribution in [3.63, 3.8) is 0 Å². The SMILES string of the molecule is Cc1cnc(CSc2cc3ccccc3[nH]2)cc1N1CCCC1. The fraction of sp³-hybridized carbons (Fsp3) is 0.316. The van der Waals surface area contributed by atoms with E-state index in [9.17, 15) is 0 Å². The number of fused-ring (bicyclic) bond motifs is 1. The van der Waals surface area contributed by atoms with Crippen LogP contribution in [0.15, 0.2) is 47.6 Å². The zero-order valence-electron chi connectivity index (χ0n) is 13.4. The summed E-state index contributed by atoms with van der Waals surface area (Å²) in [7, 11) is 0. The first-order valence-corrected chi connectivity index (χ1v) is 9.19. The van der Waals surface area contributed by atoms with Gasteiger partial charge in [-0.05, 0) is 43.5 Å². The summed E-state index contributed by atoms with van der Waals surface area (Å²) in [5.41, 5.74) is 5.00. The van der Waals surface area contributed by atoms with E-state index in [1.165, 1.54) is 53.1 Å². The maximum absolute atomic E-state index is 4.62. The van der Waals surface area contributed by atoms with Crippen LogP contribution in [0.1, 0.15) is 24.1 Å². The molecule has 1 aliphatic rings. The molecule has 0 bridgehead atoms. The molecule has 4 heteroatoms. The Labute approximate surface area is 141 Å². The number of benzene rings is 1. The zero-order valence-corrected chi connectivity index (χ0v) is 14.2. The minimum atomic E-state index is 0.897. The van der Waals surface area contributed by atoms with Crippen molar-refractivity contribution in [2.75, 3.05) is 18.0 Å². The highest BCUT2D eigenvalue weighted by atomic mass is 32.2. The molecular weight excluding hydrogens is 302 g/mol. The number of nitrogens with zero attached hydrogens (tertiary/aromatic N) is 2. The Bertz CT molecular complexity index is 785. The number of hydrogen-bond donors (Lipinski definition) is 1. The number of aromatic amines is 1. The van der Waals surface area contributed by atoms with Gasteiger partial charge in [0.15, 0.2) is 0 Å². The average Bonchev–Trinajstić information content (AvgIpc) is 3.23. The molecule has 0 spiro atoms. The molecule has 3 nitrogen and oxygen atoms in total. The Morgan fingerprint density at radius 1 is 1.17 bits per heavy atom. The fourth-order valence-corrected chi connectivity index (χ4v) is 4.06. The van der Waals surface area contributed by atoms with Crippen LogP contribution in [-0.2, 0) is 5.75 Å². The standard InChI is InChI=1S/C19H21N3S/c1-14-12-20-16(11-18(14)22-8-4-5-9-22)13-23-19-10-15-6-2-3-7-17(15)21-19/h2-3,6-7,10-12,21H,4-5,8-9,13H2,1H3. The van der Waals surface area contributed by atoms with Crippen molar-refractivity contribution >= 4 is 28.4 Å². The van der Waals surface area contributed by atoms with Gasteiger partial charge in [0.25, 0.3) is 0 Å². The Morgan fingerprint density at radius 2 is 2.00 bits per heavy atom. The lowest BCUT2D eigenvalue weighted by Crippen LogP contribution is -2.19. The molecule has 1 N–H and O–H groups in total. The molecular formula is C19H21N3S. The van der Waals surface area contributed by atoms with Crippen LogP contribution < -0.4 is 4.90 Å². The van der Waals surface area contributed by atoms with Crippen LogP contribution in [0.4, 0.5) is 5.69 Å². The van der Waals surface area contributed by atoms with Gasteiger partial charge < -0.3 is 9.88 Å². The topological polar surface area (TPSA) is 31.9 Å². The molecule has 23 heavy (non-hydrogen) atoms. The van der Waals surface area contributed by atoms with Crippen molar-refractivity contribution in [2.24, 2.45) is 0 Å². The molecule has 1 fully saturated rings. The number of aromatic nitrogens is 2. The normalized spacial score (nSPS) is 14.7. The number of pyridine rings is 1. The van der Waals surface area contributed by atoms with Crippen molar-refractivity contribution in [3.05, 3.63) is 53.9 Å². The third-order valence-electron chi connectivity index (χ3n) is 4.46. The van der Waals surface area contributed by atoms with Gasteiger partial charge in [0.05, 0.1) is 10.7 Å². The Balaban J connectivity index is 1.51. The van der Waals surface area contributed by atoms with Crippen LogP contribution in [0, 0.1) is 6.92 Å². The van der Waals surface area contributed by atoms with Gasteiger partial charge in [-0.25, -0.2) is 0 Å². The maximum Gasteiger partial charge on any atom is 0.0736 e. The summed E-state index contributed by atoms with van der Waals surface area (Å²) in [6, 6.07) is 12.9. The molecule has 1 aliphatic heterocycles. The number of nitrogens with one attached hydrogen (secondary N) is 1. The van der Waals surface area contributed by atoms with Crippen molar-refractivity contribution in [2.45, 2.75) is 30.5 Å². The van der Waals surface area contributed by atoms with E-state index in [1.54, 1.807) is 0 Å². The van der Waals surface area contributed by atoms with Gasteiger partial charge in [0, 0.05) is 41.6 Å². The highest BCUT2D eigenvalue weighted by Crippen LogP contribution is 2.29. The van der Waals surface area contributed by atoms with Crippen LogP contribution >= 0.6 is 11.8 Å². The number of para-hydroxylation sites is 1. The lowest BCUT2D eigenvalue weighted by atomic mass is 10.2. The molecule has 3 heterocycles. The molecule has 118 valence electrons. The molecule has 0 unspecified atom stereocenters. The van der Waals surface area contributed by atoms with Gasteiger partial charge in [0.2, 0.25) is 0 Å². The third-order valence-corrected chi connectivity index (χ3v) is 5.43. The van der Waals surface area contributed by atoms with Crippen LogP contribution in [0.25, 0.3) is 10.9 Å². The third kappa shape index (κ3) is 3.08. The smallest absolute Gasteiger partial charge is 0.0736 e. The van der Waals surface area contributed by atoms with E-state index in [0.717, 1.165) is 11.4 Å². The minimum Gasteiger partial charge on any atom is -0.371 e. The van der Waals surface area contributed by atoms with Gasteiger partial charge in [-0.1, -0.05) is 18.2 Å². The monoisotopic (exact) mass is 323 g/mol. The van der Waals surface area contributed by atoms with E-state index >= 15 is 0 Å². The molecule has 1 aromatic carbocycles. The van der Waals surface area contributed by atoms with E-state index in [0.29, 0.717) is 0 Å². The Kier molecular flexibility index (Phi) is 4.00. The number of hydrogen-bond acceptors (Lipinski definition) is 3. The quantitative estimate of drug-likeness (QED) is 0.702. The first-order valence-electron chi connectivity index (χ1n) is 8.20. The molecule has 0 saturated carbocycles. The lowest BCUT2D eigenvalue weighted by molar-refractivity contribution is 0.949. The van der Waals surface area contributed by atoms with Crippen molar-refractivity contribution in [1.82, 2.24) is 9.97 Å². The summed E-state index contributed by atoms with van der Waals surface area (Å²) in [6.45, 7) is 4.52. The van der Waals surface area contributed by atoms with E-state index in [1.807, 2.05) is 18.0 Å². The summed E-state index contributed by atoms with van der Waals surface area (Å²) in [4.78, 5) is 10.6. The first kappa shape index (κ1) is 14.6. The second kappa shape index (κ2) is 6.28. The number of anilines is 1. The van der Waals surface area contributed by atoms with E-state index in [4.69, 9.17) is 0 Å². The molecule has 0 aliphatic carbocycles. The minimum absolute atomic E-state index is 0.897. The summed E-state index contributed by atoms with van der Waals surface area (Å²) in [5.74, 6) is 0.897. The van der Waals surface area contributed by atoms with Gasteiger partial charge in [0.1, 0.15) is 0 Å². The number of aryl methyl sites for hydroxylation is 1. The summed E-state index contributed by atoms with van der Waals surface area (Å²) >= 11 is 1.82. The number of rotatable bonds is 4. The zero-order chi connectivity index (χ0) is 15.6. The predicted octanol–water partition coefficient (Wildman–Crippen LogP) is 4.76. The molecule has 1 saturated heterocycles. The van der Waals surface area contributed by atoms with E-state index in [2.05, 4.69) is 58.2 Å². The molecule has 0 radical (unpaired) electrons. The number of H-pyrrole nitrogens is 1. The number of thioether (sulfide) groups is 1. The highest BCUT2D eigenvalue weighted by molar-refractivity contribution is 7.98. The largest absolute Gasteiger partial charge is 0.371 e. The average molecular weight is 323 g/mol. The van der Waals surface area contributed by atoms with E-state index in [-0.39, 0.29) is 0 Å². The van der Waals surface area contributed by atoms with E-state index < -0.39 is 0 Å². The van der Waals surface area contributed by atoms with Crippen molar-refractivity contribution in [1.29, 1.82) is 0 Å². The van der Waals surface area contributed by atoms with Gasteiger partial charge in [-0.15, -0.1) is 11.8 Å². The highest BCUT2D eigenvalue weighted by Gasteiger charge is 2.15. The van der Waals surface area contributed by atoms with Gasteiger partial charge in [-0.3, -0.25) is 4.98 Å². The molecule has 3 aromatic rings. The Hall–Kier alpha value is -1.94. The van der Waals surface area contributed by atoms with Crippen LogP contribution in [-0.4, -0.2) is 23.1 Å². The maximum atomic E-state index is 4.62. The fourth-order valence-electron chi connectivity index (χ4n) is 3.21. The first-order chi connectivity index (χ1) is 11.3. The van der Waals surface area contributed by atoms with Crippen molar-refractivity contribution in [3.8, 4) is 0 Å². The summed E-state index contributed by atoms with van der Waals surface area (Å²) < 4.78 is 0. The van der Waals surface area contributed by atoms with Crippen molar-refractivity contribution < 1.29 is 0 Å². The Morgan fingerprint density at radius 3 is 2.83 bits per heavy atom. The molecule has 4 rings (SSSR count). The molecule has 0 amide bonds.